The van der Waals surface area contributed by atoms with Crippen molar-refractivity contribution in [1.29, 1.82) is 0 Å². The molecule has 0 fully saturated rings. The molecule has 0 bridgehead atoms. The highest BCUT2D eigenvalue weighted by Gasteiger charge is 1.94. The van der Waals surface area contributed by atoms with Crippen molar-refractivity contribution >= 4 is 5.57 Å². The lowest BCUT2D eigenvalue weighted by molar-refractivity contribution is 1.21. The van der Waals surface area contributed by atoms with E-state index in [4.69, 9.17) is 0 Å². The SMILES string of the molecule is C=C(CC)c1c[nH]cn1. The van der Waals surface area contributed by atoms with E-state index in [0.717, 1.165) is 17.7 Å². The Kier molecular flexibility index (Phi) is 1.68. The molecule has 9 heavy (non-hydrogen) atoms. The molecule has 0 atom stereocenters. The third-order valence-electron chi connectivity index (χ3n) is 1.29. The summed E-state index contributed by atoms with van der Waals surface area (Å²) in [5.74, 6) is 0. The number of hydrogen-bond donors (Lipinski definition) is 1. The standard InChI is InChI=1S/C7H10N2/c1-3-6(2)7-4-8-5-9-7/h4-5H,2-3H2,1H3,(H,8,9). The van der Waals surface area contributed by atoms with Gasteiger partial charge in [-0.3, -0.25) is 0 Å². The van der Waals surface area contributed by atoms with Crippen LogP contribution in [0.3, 0.4) is 0 Å². The highest BCUT2D eigenvalue weighted by Crippen LogP contribution is 2.09. The smallest absolute Gasteiger partial charge is 0.0927 e. The summed E-state index contributed by atoms with van der Waals surface area (Å²) in [4.78, 5) is 6.90. The molecule has 1 aromatic rings. The second-order valence-corrected chi connectivity index (χ2v) is 1.91. The zero-order valence-electron chi connectivity index (χ0n) is 5.52. The molecule has 0 spiro atoms. The molecule has 0 radical (unpaired) electrons. The van der Waals surface area contributed by atoms with Gasteiger partial charge in [-0.1, -0.05) is 13.5 Å². The van der Waals surface area contributed by atoms with Gasteiger partial charge in [-0.2, -0.15) is 0 Å². The first kappa shape index (κ1) is 6.08. The zero-order valence-corrected chi connectivity index (χ0v) is 5.52. The van der Waals surface area contributed by atoms with Gasteiger partial charge in [-0.25, -0.2) is 4.98 Å². The molecule has 0 aromatic carbocycles. The van der Waals surface area contributed by atoms with Crippen molar-refractivity contribution < 1.29 is 0 Å². The number of aromatic amines is 1. The number of nitrogens with zero attached hydrogens (tertiary/aromatic N) is 1. The molecule has 1 N–H and O–H groups in total. The van der Waals surface area contributed by atoms with Crippen LogP contribution in [0, 0.1) is 0 Å². The van der Waals surface area contributed by atoms with Crippen LogP contribution in [0.25, 0.3) is 5.57 Å². The maximum absolute atomic E-state index is 4.03. The van der Waals surface area contributed by atoms with Gasteiger partial charge in [0.05, 0.1) is 12.0 Å². The number of H-pyrrole nitrogens is 1. The van der Waals surface area contributed by atoms with Crippen LogP contribution in [-0.2, 0) is 0 Å². The van der Waals surface area contributed by atoms with Gasteiger partial charge in [-0.05, 0) is 12.0 Å². The predicted octanol–water partition coefficient (Wildman–Crippen LogP) is 1.83. The minimum absolute atomic E-state index is 0.963. The summed E-state index contributed by atoms with van der Waals surface area (Å²) in [6, 6.07) is 0. The molecule has 1 heterocycles. The summed E-state index contributed by atoms with van der Waals surface area (Å²) >= 11 is 0. The third kappa shape index (κ3) is 1.19. The van der Waals surface area contributed by atoms with Crippen molar-refractivity contribution in [2.24, 2.45) is 0 Å². The van der Waals surface area contributed by atoms with E-state index >= 15 is 0 Å². The van der Waals surface area contributed by atoms with Crippen LogP contribution in [-0.4, -0.2) is 9.97 Å². The van der Waals surface area contributed by atoms with Crippen LogP contribution in [0.4, 0.5) is 0 Å². The highest BCUT2D eigenvalue weighted by molar-refractivity contribution is 5.58. The molecule has 0 aliphatic carbocycles. The maximum atomic E-state index is 4.03. The normalized spacial score (nSPS) is 9.44. The van der Waals surface area contributed by atoms with Gasteiger partial charge in [0.1, 0.15) is 0 Å². The molecule has 0 aliphatic rings. The molecular formula is C7H10N2. The fourth-order valence-electron chi connectivity index (χ4n) is 0.635. The Morgan fingerprint density at radius 3 is 3.11 bits per heavy atom. The Hall–Kier alpha value is -1.05. The van der Waals surface area contributed by atoms with E-state index in [9.17, 15) is 0 Å². The summed E-state index contributed by atoms with van der Waals surface area (Å²) in [6.45, 7) is 5.90. The molecule has 0 aliphatic heterocycles. The summed E-state index contributed by atoms with van der Waals surface area (Å²) < 4.78 is 0. The van der Waals surface area contributed by atoms with Crippen molar-refractivity contribution in [3.63, 3.8) is 0 Å². The number of allylic oxidation sites excluding steroid dienone is 1. The van der Waals surface area contributed by atoms with Crippen LogP contribution < -0.4 is 0 Å². The first-order valence-electron chi connectivity index (χ1n) is 3.01. The molecule has 1 rings (SSSR count). The number of hydrogen-bond acceptors (Lipinski definition) is 1. The monoisotopic (exact) mass is 122 g/mol. The average molecular weight is 122 g/mol. The fourth-order valence-corrected chi connectivity index (χ4v) is 0.635. The number of nitrogens with one attached hydrogen (secondary N) is 1. The second-order valence-electron chi connectivity index (χ2n) is 1.91. The van der Waals surface area contributed by atoms with E-state index in [0.29, 0.717) is 0 Å². The summed E-state index contributed by atoms with van der Waals surface area (Å²) in [6.07, 6.45) is 4.48. The van der Waals surface area contributed by atoms with Gasteiger partial charge in [0.15, 0.2) is 0 Å². The lowest BCUT2D eigenvalue weighted by Gasteiger charge is -1.92. The molecule has 2 heteroatoms. The van der Waals surface area contributed by atoms with Crippen LogP contribution in [0.2, 0.25) is 0 Å². The third-order valence-corrected chi connectivity index (χ3v) is 1.29. The van der Waals surface area contributed by atoms with Crippen LogP contribution >= 0.6 is 0 Å². The first-order chi connectivity index (χ1) is 4.34. The van der Waals surface area contributed by atoms with Crippen LogP contribution in [0.1, 0.15) is 19.0 Å². The lowest BCUT2D eigenvalue weighted by atomic mass is 10.2. The van der Waals surface area contributed by atoms with E-state index in [1.807, 2.05) is 6.20 Å². The quantitative estimate of drug-likeness (QED) is 0.637. The second kappa shape index (κ2) is 2.49. The molecule has 2 nitrogen and oxygen atoms in total. The van der Waals surface area contributed by atoms with E-state index in [2.05, 4.69) is 23.5 Å². The summed E-state index contributed by atoms with van der Waals surface area (Å²) in [5, 5.41) is 0. The average Bonchev–Trinajstić information content (AvgIpc) is 2.37. The molecular weight excluding hydrogens is 112 g/mol. The molecule has 48 valence electrons. The first-order valence-corrected chi connectivity index (χ1v) is 3.01. The Labute approximate surface area is 54.6 Å². The molecule has 0 unspecified atom stereocenters. The maximum Gasteiger partial charge on any atom is 0.0927 e. The van der Waals surface area contributed by atoms with Crippen LogP contribution in [0.15, 0.2) is 19.1 Å². The summed E-state index contributed by atoms with van der Waals surface area (Å²) in [5.41, 5.74) is 2.05. The lowest BCUT2D eigenvalue weighted by Crippen LogP contribution is -1.77. The van der Waals surface area contributed by atoms with E-state index < -0.39 is 0 Å². The molecule has 1 aromatic heterocycles. The van der Waals surface area contributed by atoms with Gasteiger partial charge in [0.2, 0.25) is 0 Å². The van der Waals surface area contributed by atoms with Gasteiger partial charge in [0.25, 0.3) is 0 Å². The highest BCUT2D eigenvalue weighted by atomic mass is 14.9. The number of rotatable bonds is 2. The van der Waals surface area contributed by atoms with Crippen LogP contribution in [0.5, 0.6) is 0 Å². The van der Waals surface area contributed by atoms with E-state index in [-0.39, 0.29) is 0 Å². The Balaban J connectivity index is 2.77. The largest absolute Gasteiger partial charge is 0.351 e. The van der Waals surface area contributed by atoms with Gasteiger partial charge in [0, 0.05) is 6.20 Å². The fraction of sp³-hybridized carbons (Fsp3) is 0.286. The van der Waals surface area contributed by atoms with Crippen molar-refractivity contribution in [2.45, 2.75) is 13.3 Å². The topological polar surface area (TPSA) is 28.7 Å². The van der Waals surface area contributed by atoms with Gasteiger partial charge in [-0.15, -0.1) is 0 Å². The van der Waals surface area contributed by atoms with Gasteiger partial charge < -0.3 is 4.98 Å². The van der Waals surface area contributed by atoms with E-state index in [1.165, 1.54) is 0 Å². The van der Waals surface area contributed by atoms with Crippen molar-refractivity contribution in [3.8, 4) is 0 Å². The Bertz CT molecular complexity index is 187. The predicted molar refractivity (Wildman–Crippen MR) is 37.9 cm³/mol. The summed E-state index contributed by atoms with van der Waals surface area (Å²) in [7, 11) is 0. The minimum atomic E-state index is 0.963. The number of aromatic nitrogens is 2. The van der Waals surface area contributed by atoms with Gasteiger partial charge >= 0.3 is 0 Å². The zero-order chi connectivity index (χ0) is 6.69. The van der Waals surface area contributed by atoms with Crippen molar-refractivity contribution in [3.05, 3.63) is 24.8 Å². The number of imidazole rings is 1. The van der Waals surface area contributed by atoms with E-state index in [1.54, 1.807) is 6.33 Å². The molecule has 0 saturated heterocycles. The molecule has 0 amide bonds. The minimum Gasteiger partial charge on any atom is -0.351 e. The van der Waals surface area contributed by atoms with Crippen molar-refractivity contribution in [1.82, 2.24) is 9.97 Å². The Morgan fingerprint density at radius 2 is 2.67 bits per heavy atom. The Morgan fingerprint density at radius 1 is 1.89 bits per heavy atom. The molecule has 0 saturated carbocycles. The van der Waals surface area contributed by atoms with Crippen molar-refractivity contribution in [2.75, 3.05) is 0 Å².